The monoisotopic (exact) mass is 293 g/mol. The molecule has 0 aliphatic heterocycles. The summed E-state index contributed by atoms with van der Waals surface area (Å²) in [6.45, 7) is 8.21. The van der Waals surface area contributed by atoms with Crippen molar-refractivity contribution in [2.24, 2.45) is 0 Å². The van der Waals surface area contributed by atoms with E-state index in [1.165, 1.54) is 16.8 Å². The lowest BCUT2D eigenvalue weighted by atomic mass is 10.1. The fourth-order valence-corrected chi connectivity index (χ4v) is 2.00. The Balaban J connectivity index is 2.08. The van der Waals surface area contributed by atoms with Crippen molar-refractivity contribution in [3.63, 3.8) is 0 Å². The number of hydrogen-bond acceptors (Lipinski definition) is 3. The Bertz CT molecular complexity index is 683. The summed E-state index contributed by atoms with van der Waals surface area (Å²) >= 11 is 0. The molecular formula is C15H20FN3O2. The minimum absolute atomic E-state index is 0.164. The molecule has 0 atom stereocenters. The fourth-order valence-electron chi connectivity index (χ4n) is 2.00. The lowest BCUT2D eigenvalue weighted by Crippen LogP contribution is -2.36. The quantitative estimate of drug-likeness (QED) is 0.869. The van der Waals surface area contributed by atoms with Crippen molar-refractivity contribution in [3.05, 3.63) is 46.4 Å². The highest BCUT2D eigenvalue weighted by atomic mass is 19.1. The maximum atomic E-state index is 13.0. The average Bonchev–Trinajstić information content (AvgIpc) is 2.66. The van der Waals surface area contributed by atoms with Crippen molar-refractivity contribution in [2.75, 3.05) is 6.61 Å². The van der Waals surface area contributed by atoms with Gasteiger partial charge in [0.05, 0.1) is 12.1 Å². The maximum absolute atomic E-state index is 13.0. The van der Waals surface area contributed by atoms with Crippen molar-refractivity contribution >= 4 is 0 Å². The summed E-state index contributed by atoms with van der Waals surface area (Å²) in [5.74, 6) is 0.739. The van der Waals surface area contributed by atoms with Crippen LogP contribution in [0.1, 0.15) is 26.6 Å². The molecule has 2 aromatic rings. The van der Waals surface area contributed by atoms with E-state index in [-0.39, 0.29) is 23.7 Å². The molecule has 0 spiro atoms. The van der Waals surface area contributed by atoms with Gasteiger partial charge >= 0.3 is 5.69 Å². The van der Waals surface area contributed by atoms with Crippen molar-refractivity contribution < 1.29 is 9.13 Å². The minimum atomic E-state index is -0.365. The maximum Gasteiger partial charge on any atom is 0.346 e. The predicted octanol–water partition coefficient (Wildman–Crippen LogP) is 2.33. The van der Waals surface area contributed by atoms with Gasteiger partial charge in [0.1, 0.15) is 24.0 Å². The molecule has 0 radical (unpaired) electrons. The van der Waals surface area contributed by atoms with Gasteiger partial charge in [0.25, 0.3) is 0 Å². The first-order valence-corrected chi connectivity index (χ1v) is 6.84. The Kier molecular flexibility index (Phi) is 4.16. The molecular weight excluding hydrogens is 273 g/mol. The molecule has 2 rings (SSSR count). The van der Waals surface area contributed by atoms with Gasteiger partial charge in [0.2, 0.25) is 0 Å². The molecule has 1 aromatic carbocycles. The summed E-state index contributed by atoms with van der Waals surface area (Å²) in [5.41, 5.74) is -0.529. The van der Waals surface area contributed by atoms with Gasteiger partial charge in [-0.3, -0.25) is 4.57 Å². The third kappa shape index (κ3) is 3.51. The zero-order valence-corrected chi connectivity index (χ0v) is 12.8. The van der Waals surface area contributed by atoms with Gasteiger partial charge in [0, 0.05) is 6.07 Å². The zero-order chi connectivity index (χ0) is 15.6. The molecule has 0 unspecified atom stereocenters. The molecule has 21 heavy (non-hydrogen) atoms. The predicted molar refractivity (Wildman–Crippen MR) is 78.1 cm³/mol. The van der Waals surface area contributed by atoms with Gasteiger partial charge in [-0.2, -0.15) is 5.10 Å². The Morgan fingerprint density at radius 1 is 1.33 bits per heavy atom. The third-order valence-corrected chi connectivity index (χ3v) is 3.06. The molecule has 0 fully saturated rings. The number of nitrogens with zero attached hydrogens (tertiary/aromatic N) is 3. The van der Waals surface area contributed by atoms with Gasteiger partial charge in [-0.1, -0.05) is 6.07 Å². The van der Waals surface area contributed by atoms with Gasteiger partial charge in [0.15, 0.2) is 0 Å². The first-order valence-electron chi connectivity index (χ1n) is 6.84. The van der Waals surface area contributed by atoms with E-state index in [9.17, 15) is 9.18 Å². The molecule has 0 bridgehead atoms. The molecule has 5 nitrogen and oxygen atoms in total. The SMILES string of the molecule is Cc1nn(C(C)(C)C)c(=O)n1CCOc1cccc(F)c1. The van der Waals surface area contributed by atoms with E-state index < -0.39 is 0 Å². The van der Waals surface area contributed by atoms with Crippen LogP contribution in [0.4, 0.5) is 4.39 Å². The highest BCUT2D eigenvalue weighted by Crippen LogP contribution is 2.12. The molecule has 1 heterocycles. The van der Waals surface area contributed by atoms with E-state index in [0.29, 0.717) is 18.1 Å². The van der Waals surface area contributed by atoms with Crippen LogP contribution in [-0.2, 0) is 12.1 Å². The average molecular weight is 293 g/mol. The molecule has 0 N–H and O–H groups in total. The Morgan fingerprint density at radius 2 is 2.05 bits per heavy atom. The molecule has 0 saturated heterocycles. The number of ether oxygens (including phenoxy) is 1. The minimum Gasteiger partial charge on any atom is -0.492 e. The van der Waals surface area contributed by atoms with Crippen LogP contribution in [-0.4, -0.2) is 21.0 Å². The van der Waals surface area contributed by atoms with Crippen LogP contribution in [0.2, 0.25) is 0 Å². The van der Waals surface area contributed by atoms with Crippen LogP contribution in [0.5, 0.6) is 5.75 Å². The Labute approximate surface area is 123 Å². The van der Waals surface area contributed by atoms with Crippen molar-refractivity contribution in [3.8, 4) is 5.75 Å². The van der Waals surface area contributed by atoms with Crippen molar-refractivity contribution in [1.29, 1.82) is 0 Å². The molecule has 0 saturated carbocycles. The van der Waals surface area contributed by atoms with Crippen LogP contribution < -0.4 is 10.4 Å². The number of benzene rings is 1. The number of aryl methyl sites for hydroxylation is 1. The normalized spacial score (nSPS) is 11.7. The second kappa shape index (κ2) is 5.71. The highest BCUT2D eigenvalue weighted by Gasteiger charge is 2.20. The van der Waals surface area contributed by atoms with Gasteiger partial charge in [-0.25, -0.2) is 13.9 Å². The highest BCUT2D eigenvalue weighted by molar-refractivity contribution is 5.22. The van der Waals surface area contributed by atoms with E-state index in [4.69, 9.17) is 4.74 Å². The summed E-state index contributed by atoms with van der Waals surface area (Å²) in [5, 5.41) is 4.27. The van der Waals surface area contributed by atoms with E-state index in [1.807, 2.05) is 20.8 Å². The van der Waals surface area contributed by atoms with Crippen molar-refractivity contribution in [1.82, 2.24) is 14.3 Å². The van der Waals surface area contributed by atoms with E-state index in [0.717, 1.165) is 0 Å². The Morgan fingerprint density at radius 3 is 2.62 bits per heavy atom. The lowest BCUT2D eigenvalue weighted by Gasteiger charge is -2.16. The van der Waals surface area contributed by atoms with Crippen LogP contribution in [0.25, 0.3) is 0 Å². The summed E-state index contributed by atoms with van der Waals surface area (Å²) < 4.78 is 21.5. The number of aromatic nitrogens is 3. The fraction of sp³-hybridized carbons (Fsp3) is 0.467. The molecule has 1 aromatic heterocycles. The lowest BCUT2D eigenvalue weighted by molar-refractivity contribution is 0.290. The number of hydrogen-bond donors (Lipinski definition) is 0. The van der Waals surface area contributed by atoms with Gasteiger partial charge in [-0.15, -0.1) is 0 Å². The third-order valence-electron chi connectivity index (χ3n) is 3.06. The summed E-state index contributed by atoms with van der Waals surface area (Å²) in [6.07, 6.45) is 0. The largest absolute Gasteiger partial charge is 0.492 e. The van der Waals surface area contributed by atoms with Crippen LogP contribution in [0.15, 0.2) is 29.1 Å². The molecule has 0 amide bonds. The Hall–Kier alpha value is -2.11. The van der Waals surface area contributed by atoms with Gasteiger partial charge in [-0.05, 0) is 39.8 Å². The first-order chi connectivity index (χ1) is 9.79. The number of halogens is 1. The van der Waals surface area contributed by atoms with Crippen LogP contribution in [0, 0.1) is 12.7 Å². The first kappa shape index (κ1) is 15.3. The van der Waals surface area contributed by atoms with Crippen LogP contribution >= 0.6 is 0 Å². The second-order valence-electron chi connectivity index (χ2n) is 5.87. The molecule has 114 valence electrons. The zero-order valence-electron chi connectivity index (χ0n) is 12.8. The molecule has 0 aliphatic rings. The topological polar surface area (TPSA) is 49.0 Å². The molecule has 6 heteroatoms. The summed E-state index contributed by atoms with van der Waals surface area (Å²) in [6, 6.07) is 5.93. The van der Waals surface area contributed by atoms with Crippen molar-refractivity contribution in [2.45, 2.75) is 39.8 Å². The number of rotatable bonds is 4. The van der Waals surface area contributed by atoms with E-state index in [1.54, 1.807) is 23.6 Å². The van der Waals surface area contributed by atoms with Gasteiger partial charge < -0.3 is 4.74 Å². The smallest absolute Gasteiger partial charge is 0.346 e. The molecule has 0 aliphatic carbocycles. The van der Waals surface area contributed by atoms with E-state index >= 15 is 0 Å². The summed E-state index contributed by atoms with van der Waals surface area (Å²) in [4.78, 5) is 12.3. The second-order valence-corrected chi connectivity index (χ2v) is 5.87. The van der Waals surface area contributed by atoms with E-state index in [2.05, 4.69) is 5.10 Å². The summed E-state index contributed by atoms with van der Waals surface area (Å²) in [7, 11) is 0. The van der Waals surface area contributed by atoms with Crippen LogP contribution in [0.3, 0.4) is 0 Å². The standard InChI is InChI=1S/C15H20FN3O2/c1-11-17-19(15(2,3)4)14(20)18(11)8-9-21-13-7-5-6-12(16)10-13/h5-7,10H,8-9H2,1-4H3.